The molecule has 3 rings (SSSR count). The van der Waals surface area contributed by atoms with Crippen molar-refractivity contribution >= 4 is 27.7 Å². The van der Waals surface area contributed by atoms with E-state index in [4.69, 9.17) is 4.52 Å². The fourth-order valence-corrected chi connectivity index (χ4v) is 3.87. The molecule has 1 aliphatic heterocycles. The van der Waals surface area contributed by atoms with Gasteiger partial charge in [0, 0.05) is 29.5 Å². The van der Waals surface area contributed by atoms with Crippen molar-refractivity contribution in [2.45, 2.75) is 45.1 Å². The van der Waals surface area contributed by atoms with Crippen LogP contribution in [0, 0.1) is 0 Å². The van der Waals surface area contributed by atoms with E-state index in [1.807, 2.05) is 31.2 Å². The first kappa shape index (κ1) is 22.2. The summed E-state index contributed by atoms with van der Waals surface area (Å²) in [4.78, 5) is 33.3. The Labute approximate surface area is 185 Å². The van der Waals surface area contributed by atoms with E-state index in [9.17, 15) is 9.59 Å². The number of rotatable bonds is 8. The van der Waals surface area contributed by atoms with Crippen LogP contribution in [0.2, 0.25) is 0 Å². The number of benzene rings is 1. The molecule has 1 unspecified atom stereocenters. The minimum atomic E-state index is -0.269. The summed E-state index contributed by atoms with van der Waals surface area (Å²) in [6, 6.07) is 7.39. The molecule has 160 valence electrons. The SMILES string of the molecule is C=CCN(CC(=O)N1CCCCC1c1nc(-c2ccc(Br)cc2)no1)C(=O)CCC. The Balaban J connectivity index is 1.76. The van der Waals surface area contributed by atoms with Gasteiger partial charge < -0.3 is 14.3 Å². The molecule has 1 fully saturated rings. The standard InChI is InChI=1S/C22H27BrN4O3/c1-3-7-19(28)26(13-4-2)15-20(29)27-14-6-5-8-18(27)22-24-21(25-30-22)16-9-11-17(23)12-10-16/h4,9-12,18H,2-3,5-8,13-15H2,1H3. The summed E-state index contributed by atoms with van der Waals surface area (Å²) in [6.45, 7) is 6.67. The zero-order valence-corrected chi connectivity index (χ0v) is 18.8. The second-order valence-corrected chi connectivity index (χ2v) is 8.29. The molecule has 0 N–H and O–H groups in total. The van der Waals surface area contributed by atoms with Gasteiger partial charge in [-0.05, 0) is 49.9 Å². The van der Waals surface area contributed by atoms with Crippen LogP contribution in [0.4, 0.5) is 0 Å². The van der Waals surface area contributed by atoms with Crippen LogP contribution in [0.3, 0.4) is 0 Å². The molecule has 8 heteroatoms. The van der Waals surface area contributed by atoms with Gasteiger partial charge in [0.05, 0.1) is 0 Å². The number of likely N-dealkylation sites (tertiary alicyclic amines) is 1. The molecular formula is C22H27BrN4O3. The summed E-state index contributed by atoms with van der Waals surface area (Å²) in [6.07, 6.45) is 5.48. The number of nitrogens with zero attached hydrogens (tertiary/aromatic N) is 4. The third kappa shape index (κ3) is 5.36. The van der Waals surface area contributed by atoms with Crippen LogP contribution in [0.25, 0.3) is 11.4 Å². The predicted octanol–water partition coefficient (Wildman–Crippen LogP) is 4.37. The Kier molecular flexibility index (Phi) is 7.79. The van der Waals surface area contributed by atoms with E-state index < -0.39 is 0 Å². The Morgan fingerprint density at radius 3 is 2.80 bits per heavy atom. The number of aromatic nitrogens is 2. The van der Waals surface area contributed by atoms with E-state index in [2.05, 4.69) is 32.6 Å². The number of carbonyl (C=O) groups excluding carboxylic acids is 2. The molecule has 1 aliphatic rings. The molecule has 0 radical (unpaired) electrons. The van der Waals surface area contributed by atoms with Gasteiger partial charge in [0.1, 0.15) is 12.6 Å². The van der Waals surface area contributed by atoms with Gasteiger partial charge in [-0.3, -0.25) is 9.59 Å². The molecule has 1 aromatic heterocycles. The summed E-state index contributed by atoms with van der Waals surface area (Å²) in [7, 11) is 0. The minimum absolute atomic E-state index is 0.0328. The largest absolute Gasteiger partial charge is 0.337 e. The van der Waals surface area contributed by atoms with E-state index >= 15 is 0 Å². The van der Waals surface area contributed by atoms with Crippen LogP contribution in [0.15, 0.2) is 45.9 Å². The van der Waals surface area contributed by atoms with Gasteiger partial charge in [-0.25, -0.2) is 0 Å². The Morgan fingerprint density at radius 1 is 1.33 bits per heavy atom. The van der Waals surface area contributed by atoms with Crippen LogP contribution in [-0.2, 0) is 9.59 Å². The number of carbonyl (C=O) groups is 2. The lowest BCUT2D eigenvalue weighted by Crippen LogP contribution is -2.46. The lowest BCUT2D eigenvalue weighted by molar-refractivity contribution is -0.143. The van der Waals surface area contributed by atoms with Gasteiger partial charge in [0.2, 0.25) is 23.5 Å². The molecule has 1 saturated heterocycles. The molecule has 1 atom stereocenters. The fraction of sp³-hybridized carbons (Fsp3) is 0.455. The van der Waals surface area contributed by atoms with Crippen LogP contribution in [0.5, 0.6) is 0 Å². The maximum atomic E-state index is 13.1. The lowest BCUT2D eigenvalue weighted by atomic mass is 10.0. The highest BCUT2D eigenvalue weighted by atomic mass is 79.9. The summed E-state index contributed by atoms with van der Waals surface area (Å²) >= 11 is 3.42. The normalized spacial score (nSPS) is 16.3. The highest BCUT2D eigenvalue weighted by Gasteiger charge is 2.33. The zero-order chi connectivity index (χ0) is 21.5. The number of hydrogen-bond donors (Lipinski definition) is 0. The van der Waals surface area contributed by atoms with Crippen molar-refractivity contribution in [3.05, 3.63) is 47.3 Å². The molecule has 0 bridgehead atoms. The monoisotopic (exact) mass is 474 g/mol. The number of halogens is 1. The molecule has 2 heterocycles. The maximum absolute atomic E-state index is 13.1. The highest BCUT2D eigenvalue weighted by Crippen LogP contribution is 2.31. The number of piperidine rings is 1. The van der Waals surface area contributed by atoms with Crippen molar-refractivity contribution < 1.29 is 14.1 Å². The third-order valence-electron chi connectivity index (χ3n) is 5.14. The Bertz CT molecular complexity index is 881. The van der Waals surface area contributed by atoms with Crippen molar-refractivity contribution in [2.75, 3.05) is 19.6 Å². The quantitative estimate of drug-likeness (QED) is 0.530. The summed E-state index contributed by atoms with van der Waals surface area (Å²) in [5.41, 5.74) is 0.851. The van der Waals surface area contributed by atoms with E-state index in [0.717, 1.165) is 35.7 Å². The first-order chi connectivity index (χ1) is 14.5. The van der Waals surface area contributed by atoms with Gasteiger partial charge in [0.25, 0.3) is 0 Å². The summed E-state index contributed by atoms with van der Waals surface area (Å²) < 4.78 is 6.52. The highest BCUT2D eigenvalue weighted by molar-refractivity contribution is 9.10. The topological polar surface area (TPSA) is 79.5 Å². The number of amides is 2. The maximum Gasteiger partial charge on any atom is 0.249 e. The van der Waals surface area contributed by atoms with Crippen LogP contribution >= 0.6 is 15.9 Å². The van der Waals surface area contributed by atoms with Gasteiger partial charge in [-0.15, -0.1) is 6.58 Å². The first-order valence-electron chi connectivity index (χ1n) is 10.3. The number of hydrogen-bond acceptors (Lipinski definition) is 5. The first-order valence-corrected chi connectivity index (χ1v) is 11.1. The second kappa shape index (κ2) is 10.5. The fourth-order valence-electron chi connectivity index (χ4n) is 3.61. The second-order valence-electron chi connectivity index (χ2n) is 7.37. The van der Waals surface area contributed by atoms with E-state index in [0.29, 0.717) is 31.2 Å². The molecule has 1 aromatic carbocycles. The van der Waals surface area contributed by atoms with E-state index in [1.165, 1.54) is 0 Å². The molecule has 0 aliphatic carbocycles. The zero-order valence-electron chi connectivity index (χ0n) is 17.2. The van der Waals surface area contributed by atoms with Crippen molar-refractivity contribution in [1.82, 2.24) is 19.9 Å². The van der Waals surface area contributed by atoms with Crippen LogP contribution < -0.4 is 0 Å². The Morgan fingerprint density at radius 2 is 2.10 bits per heavy atom. The van der Waals surface area contributed by atoms with Crippen molar-refractivity contribution in [3.63, 3.8) is 0 Å². The molecule has 0 spiro atoms. The minimum Gasteiger partial charge on any atom is -0.337 e. The van der Waals surface area contributed by atoms with Crippen molar-refractivity contribution in [1.29, 1.82) is 0 Å². The van der Waals surface area contributed by atoms with E-state index in [-0.39, 0.29) is 24.4 Å². The van der Waals surface area contributed by atoms with E-state index in [1.54, 1.807) is 15.9 Å². The van der Waals surface area contributed by atoms with Gasteiger partial charge in [0.15, 0.2) is 0 Å². The molecular weight excluding hydrogens is 448 g/mol. The molecule has 30 heavy (non-hydrogen) atoms. The average Bonchev–Trinajstić information content (AvgIpc) is 3.24. The molecule has 2 aromatic rings. The van der Waals surface area contributed by atoms with Crippen LogP contribution in [-0.4, -0.2) is 51.4 Å². The van der Waals surface area contributed by atoms with Gasteiger partial charge in [-0.1, -0.05) is 34.1 Å². The average molecular weight is 475 g/mol. The van der Waals surface area contributed by atoms with Gasteiger partial charge in [-0.2, -0.15) is 4.98 Å². The van der Waals surface area contributed by atoms with Crippen molar-refractivity contribution in [2.24, 2.45) is 0 Å². The summed E-state index contributed by atoms with van der Waals surface area (Å²) in [5.74, 6) is 0.807. The molecule has 0 saturated carbocycles. The smallest absolute Gasteiger partial charge is 0.249 e. The van der Waals surface area contributed by atoms with Crippen molar-refractivity contribution in [3.8, 4) is 11.4 Å². The molecule has 2 amide bonds. The van der Waals surface area contributed by atoms with Gasteiger partial charge >= 0.3 is 0 Å². The Hall–Kier alpha value is -2.48. The lowest BCUT2D eigenvalue weighted by Gasteiger charge is -2.35. The molecule has 7 nitrogen and oxygen atoms in total. The summed E-state index contributed by atoms with van der Waals surface area (Å²) in [5, 5.41) is 4.11. The predicted molar refractivity (Wildman–Crippen MR) is 117 cm³/mol. The van der Waals surface area contributed by atoms with Crippen LogP contribution in [0.1, 0.15) is 51.0 Å². The third-order valence-corrected chi connectivity index (χ3v) is 5.67.